The van der Waals surface area contributed by atoms with E-state index in [1.165, 1.54) is 0 Å². The molecule has 1 aliphatic rings. The molecule has 2 aromatic rings. The van der Waals surface area contributed by atoms with Gasteiger partial charge in [-0.3, -0.25) is 14.7 Å². The van der Waals surface area contributed by atoms with Crippen molar-refractivity contribution in [3.8, 4) is 17.0 Å². The minimum absolute atomic E-state index is 0.0100. The predicted molar refractivity (Wildman–Crippen MR) is 91.4 cm³/mol. The third-order valence-corrected chi connectivity index (χ3v) is 4.69. The normalized spacial score (nSPS) is 20.3. The Bertz CT molecular complexity index is 769. The van der Waals surface area contributed by atoms with Crippen LogP contribution in [0.3, 0.4) is 0 Å². The Balaban J connectivity index is 1.78. The van der Waals surface area contributed by atoms with Gasteiger partial charge in [-0.2, -0.15) is 5.10 Å². The van der Waals surface area contributed by atoms with E-state index in [0.29, 0.717) is 24.2 Å². The molecule has 0 bridgehead atoms. The molecule has 1 fully saturated rings. The Kier molecular flexibility index (Phi) is 4.74. The second kappa shape index (κ2) is 6.96. The third-order valence-electron chi connectivity index (χ3n) is 4.69. The maximum absolute atomic E-state index is 12.8. The van der Waals surface area contributed by atoms with Crippen LogP contribution in [0.5, 0.6) is 5.75 Å². The van der Waals surface area contributed by atoms with E-state index < -0.39 is 11.9 Å². The van der Waals surface area contributed by atoms with Crippen LogP contribution in [0.15, 0.2) is 30.3 Å². The van der Waals surface area contributed by atoms with Crippen LogP contribution in [0.25, 0.3) is 11.3 Å². The third kappa shape index (κ3) is 3.50. The smallest absolute Gasteiger partial charge is 0.308 e. The van der Waals surface area contributed by atoms with Gasteiger partial charge in [0.15, 0.2) is 0 Å². The first-order chi connectivity index (χ1) is 12.0. The summed E-state index contributed by atoms with van der Waals surface area (Å²) in [5.74, 6) is -0.833. The number of amides is 1. The number of ether oxygens (including phenoxy) is 1. The molecule has 3 rings (SSSR count). The second-order valence-electron chi connectivity index (χ2n) is 6.31. The number of nitrogens with zero attached hydrogens (tertiary/aromatic N) is 2. The van der Waals surface area contributed by atoms with Crippen molar-refractivity contribution < 1.29 is 19.4 Å². The van der Waals surface area contributed by atoms with Gasteiger partial charge in [-0.05, 0) is 50.1 Å². The second-order valence-corrected chi connectivity index (χ2v) is 6.31. The molecule has 2 N–H and O–H groups in total. The highest BCUT2D eigenvalue weighted by Crippen LogP contribution is 2.25. The van der Waals surface area contributed by atoms with E-state index in [1.54, 1.807) is 18.1 Å². The van der Waals surface area contributed by atoms with Gasteiger partial charge in [0.05, 0.1) is 18.7 Å². The molecule has 1 aromatic carbocycles. The highest BCUT2D eigenvalue weighted by molar-refractivity contribution is 5.94. The topological polar surface area (TPSA) is 95.5 Å². The van der Waals surface area contributed by atoms with Crippen LogP contribution in [-0.4, -0.2) is 51.8 Å². The average molecular weight is 343 g/mol. The lowest BCUT2D eigenvalue weighted by atomic mass is 9.93. The number of aromatic amines is 1. The molecule has 2 atom stereocenters. The van der Waals surface area contributed by atoms with Crippen molar-refractivity contribution in [2.75, 3.05) is 13.7 Å². The lowest BCUT2D eigenvalue weighted by Gasteiger charge is -2.36. The summed E-state index contributed by atoms with van der Waals surface area (Å²) in [6.07, 6.45) is 1.28. The monoisotopic (exact) mass is 343 g/mol. The van der Waals surface area contributed by atoms with Crippen LogP contribution in [0.4, 0.5) is 0 Å². The lowest BCUT2D eigenvalue weighted by Crippen LogP contribution is -2.47. The summed E-state index contributed by atoms with van der Waals surface area (Å²) >= 11 is 0. The fourth-order valence-electron chi connectivity index (χ4n) is 3.09. The van der Waals surface area contributed by atoms with Gasteiger partial charge in [0.25, 0.3) is 5.91 Å². The van der Waals surface area contributed by atoms with Crippen LogP contribution in [0, 0.1) is 5.92 Å². The number of carboxylic acid groups (broad SMARTS) is 1. The number of nitrogens with one attached hydrogen (secondary N) is 1. The van der Waals surface area contributed by atoms with Crippen molar-refractivity contribution >= 4 is 11.9 Å². The van der Waals surface area contributed by atoms with Gasteiger partial charge in [-0.1, -0.05) is 0 Å². The molecule has 0 spiro atoms. The molecule has 0 aliphatic carbocycles. The fraction of sp³-hybridized carbons (Fsp3) is 0.389. The molecule has 0 radical (unpaired) electrons. The van der Waals surface area contributed by atoms with Crippen LogP contribution in [-0.2, 0) is 4.79 Å². The van der Waals surface area contributed by atoms with Crippen molar-refractivity contribution in [2.24, 2.45) is 5.92 Å². The summed E-state index contributed by atoms with van der Waals surface area (Å²) < 4.78 is 5.13. The zero-order chi connectivity index (χ0) is 18.0. The van der Waals surface area contributed by atoms with E-state index in [2.05, 4.69) is 10.2 Å². The number of carbonyl (C=O) groups excluding carboxylic acids is 1. The number of carboxylic acids is 1. The summed E-state index contributed by atoms with van der Waals surface area (Å²) in [4.78, 5) is 25.6. The summed E-state index contributed by atoms with van der Waals surface area (Å²) in [5, 5.41) is 16.2. The van der Waals surface area contributed by atoms with Gasteiger partial charge in [-0.25, -0.2) is 0 Å². The molecular formula is C18H21N3O4. The number of piperidine rings is 1. The number of hydrogen-bond donors (Lipinski definition) is 2. The molecule has 0 saturated carbocycles. The molecule has 1 aliphatic heterocycles. The molecule has 2 unspecified atom stereocenters. The summed E-state index contributed by atoms with van der Waals surface area (Å²) in [6.45, 7) is 2.17. The van der Waals surface area contributed by atoms with Gasteiger partial charge >= 0.3 is 5.97 Å². The highest BCUT2D eigenvalue weighted by atomic mass is 16.5. The Hall–Kier alpha value is -2.83. The van der Waals surface area contributed by atoms with Gasteiger partial charge in [0.2, 0.25) is 0 Å². The average Bonchev–Trinajstić information content (AvgIpc) is 3.11. The maximum Gasteiger partial charge on any atom is 0.308 e. The molecule has 1 aromatic heterocycles. The number of aromatic nitrogens is 2. The first kappa shape index (κ1) is 17.0. The number of rotatable bonds is 4. The number of hydrogen-bond acceptors (Lipinski definition) is 4. The molecule has 1 saturated heterocycles. The minimum Gasteiger partial charge on any atom is -0.497 e. The van der Waals surface area contributed by atoms with E-state index in [1.807, 2.05) is 31.2 Å². The Morgan fingerprint density at radius 3 is 2.64 bits per heavy atom. The van der Waals surface area contributed by atoms with E-state index in [-0.39, 0.29) is 18.5 Å². The van der Waals surface area contributed by atoms with Crippen LogP contribution >= 0.6 is 0 Å². The molecule has 1 amide bonds. The number of likely N-dealkylation sites (tertiary alicyclic amines) is 1. The van der Waals surface area contributed by atoms with Crippen LogP contribution < -0.4 is 4.74 Å². The first-order valence-corrected chi connectivity index (χ1v) is 8.23. The molecule has 132 valence electrons. The molecular weight excluding hydrogens is 322 g/mol. The SMILES string of the molecule is COc1ccc(-c2cc(C(=O)N3CC(C(=O)O)CCC3C)[nH]n2)cc1. The summed E-state index contributed by atoms with van der Waals surface area (Å²) in [7, 11) is 1.60. The van der Waals surface area contributed by atoms with Crippen molar-refractivity contribution in [1.82, 2.24) is 15.1 Å². The molecule has 7 nitrogen and oxygen atoms in total. The summed E-state index contributed by atoms with van der Waals surface area (Å²) in [5.41, 5.74) is 1.89. The van der Waals surface area contributed by atoms with Gasteiger partial charge < -0.3 is 14.7 Å². The van der Waals surface area contributed by atoms with E-state index in [9.17, 15) is 14.7 Å². The van der Waals surface area contributed by atoms with Gasteiger partial charge in [0.1, 0.15) is 11.4 Å². The van der Waals surface area contributed by atoms with Crippen LogP contribution in [0.1, 0.15) is 30.3 Å². The lowest BCUT2D eigenvalue weighted by molar-refractivity contribution is -0.143. The van der Waals surface area contributed by atoms with Crippen molar-refractivity contribution in [1.29, 1.82) is 0 Å². The Morgan fingerprint density at radius 1 is 1.28 bits per heavy atom. The fourth-order valence-corrected chi connectivity index (χ4v) is 3.09. The number of benzene rings is 1. The van der Waals surface area contributed by atoms with Crippen LogP contribution in [0.2, 0.25) is 0 Å². The quantitative estimate of drug-likeness (QED) is 0.889. The molecule has 7 heteroatoms. The number of carbonyl (C=O) groups is 2. The Morgan fingerprint density at radius 2 is 2.00 bits per heavy atom. The molecule has 2 heterocycles. The number of methoxy groups -OCH3 is 1. The van der Waals surface area contributed by atoms with Gasteiger partial charge in [0, 0.05) is 18.2 Å². The van der Waals surface area contributed by atoms with Crippen molar-refractivity contribution in [3.63, 3.8) is 0 Å². The van der Waals surface area contributed by atoms with Crippen molar-refractivity contribution in [2.45, 2.75) is 25.8 Å². The maximum atomic E-state index is 12.8. The number of H-pyrrole nitrogens is 1. The summed E-state index contributed by atoms with van der Waals surface area (Å²) in [6, 6.07) is 9.10. The zero-order valence-electron chi connectivity index (χ0n) is 14.2. The zero-order valence-corrected chi connectivity index (χ0v) is 14.2. The van der Waals surface area contributed by atoms with Crippen molar-refractivity contribution in [3.05, 3.63) is 36.0 Å². The van der Waals surface area contributed by atoms with E-state index >= 15 is 0 Å². The largest absolute Gasteiger partial charge is 0.497 e. The van der Waals surface area contributed by atoms with Gasteiger partial charge in [-0.15, -0.1) is 0 Å². The van der Waals surface area contributed by atoms with E-state index in [0.717, 1.165) is 11.3 Å². The highest BCUT2D eigenvalue weighted by Gasteiger charge is 2.33. The standard InChI is InChI=1S/C18H21N3O4/c1-11-3-4-13(18(23)24)10-21(11)17(22)16-9-15(19-20-16)12-5-7-14(25-2)8-6-12/h5-9,11,13H,3-4,10H2,1-2H3,(H,19,20)(H,23,24). The predicted octanol–water partition coefficient (Wildman–Crippen LogP) is 2.41. The Labute approximate surface area is 145 Å². The molecule has 25 heavy (non-hydrogen) atoms. The first-order valence-electron chi connectivity index (χ1n) is 8.23. The minimum atomic E-state index is -0.853. The number of aliphatic carboxylic acids is 1. The van der Waals surface area contributed by atoms with E-state index in [4.69, 9.17) is 4.74 Å².